The molecule has 2 rings (SSSR count). The first-order valence-electron chi connectivity index (χ1n) is 5.96. The molecule has 0 heterocycles. The van der Waals surface area contributed by atoms with Crippen molar-refractivity contribution < 1.29 is 24.1 Å². The van der Waals surface area contributed by atoms with Crippen molar-refractivity contribution in [3.63, 3.8) is 0 Å². The fraction of sp³-hybridized carbons (Fsp3) is 0.462. The Morgan fingerprint density at radius 1 is 1.33 bits per heavy atom. The maximum atomic E-state index is 13.4. The molecule has 1 fully saturated rings. The minimum Gasteiger partial charge on any atom is -0.487 e. The van der Waals surface area contributed by atoms with E-state index in [2.05, 4.69) is 0 Å². The van der Waals surface area contributed by atoms with Gasteiger partial charge in [0.2, 0.25) is 0 Å². The molecule has 1 aliphatic carbocycles. The summed E-state index contributed by atoms with van der Waals surface area (Å²) in [6.45, 7) is 0. The molecule has 5 heteroatoms. The summed E-state index contributed by atoms with van der Waals surface area (Å²) in [6, 6.07) is 3.88. The zero-order valence-corrected chi connectivity index (χ0v) is 9.80. The Morgan fingerprint density at radius 3 is 2.72 bits per heavy atom. The van der Waals surface area contributed by atoms with Crippen molar-refractivity contribution >= 4 is 5.97 Å². The first-order valence-corrected chi connectivity index (χ1v) is 5.96. The summed E-state index contributed by atoms with van der Waals surface area (Å²) in [6.07, 6.45) is 2.04. The van der Waals surface area contributed by atoms with Crippen LogP contribution >= 0.6 is 0 Å². The van der Waals surface area contributed by atoms with Crippen LogP contribution in [0.5, 0.6) is 5.75 Å². The highest BCUT2D eigenvalue weighted by Crippen LogP contribution is 2.27. The van der Waals surface area contributed by atoms with E-state index >= 15 is 0 Å². The Bertz CT molecular complexity index is 447. The van der Waals surface area contributed by atoms with E-state index in [1.165, 1.54) is 12.1 Å². The predicted octanol–water partition coefficient (Wildman–Crippen LogP) is 2.21. The zero-order valence-electron chi connectivity index (χ0n) is 9.80. The summed E-state index contributed by atoms with van der Waals surface area (Å²) in [5.41, 5.74) is -0.477. The summed E-state index contributed by atoms with van der Waals surface area (Å²) in [4.78, 5) is 11.0. The minimum absolute atomic E-state index is 0.0200. The number of aliphatic hydroxyl groups is 1. The number of hydrogen-bond donors (Lipinski definition) is 2. The number of rotatable bonds is 3. The molecular weight excluding hydrogens is 239 g/mol. The van der Waals surface area contributed by atoms with Crippen LogP contribution in [-0.4, -0.2) is 28.4 Å². The molecule has 0 amide bonds. The van der Waals surface area contributed by atoms with Crippen LogP contribution in [0.4, 0.5) is 4.39 Å². The third-order valence-corrected chi connectivity index (χ3v) is 3.14. The van der Waals surface area contributed by atoms with Crippen molar-refractivity contribution in [2.45, 2.75) is 37.9 Å². The van der Waals surface area contributed by atoms with Crippen LogP contribution in [-0.2, 0) is 0 Å². The number of carboxylic acids is 1. The molecule has 4 nitrogen and oxygen atoms in total. The van der Waals surface area contributed by atoms with E-state index in [1.54, 1.807) is 0 Å². The first-order chi connectivity index (χ1) is 8.59. The molecule has 2 unspecified atom stereocenters. The molecule has 1 aromatic rings. The standard InChI is InChI=1S/C13H15FO4/c14-8-4-3-7-11(12(8)13(16)17)18-10-6-2-1-5-9(10)15/h3-4,7,9-10,15H,1-2,5-6H2,(H,16,17). The summed E-state index contributed by atoms with van der Waals surface area (Å²) in [7, 11) is 0. The number of carboxylic acid groups (broad SMARTS) is 1. The van der Waals surface area contributed by atoms with Crippen LogP contribution < -0.4 is 4.74 Å². The molecule has 0 saturated heterocycles. The molecule has 18 heavy (non-hydrogen) atoms. The number of carbonyl (C=O) groups is 1. The molecule has 1 aromatic carbocycles. The molecule has 98 valence electrons. The largest absolute Gasteiger partial charge is 0.487 e. The Labute approximate surface area is 104 Å². The van der Waals surface area contributed by atoms with Crippen LogP contribution in [0.25, 0.3) is 0 Å². The molecule has 1 saturated carbocycles. The summed E-state index contributed by atoms with van der Waals surface area (Å²) in [5, 5.41) is 18.7. The zero-order chi connectivity index (χ0) is 13.1. The Morgan fingerprint density at radius 2 is 2.06 bits per heavy atom. The van der Waals surface area contributed by atoms with Gasteiger partial charge in [0.25, 0.3) is 0 Å². The Hall–Kier alpha value is -1.62. The van der Waals surface area contributed by atoms with Crippen molar-refractivity contribution in [2.24, 2.45) is 0 Å². The summed E-state index contributed by atoms with van der Waals surface area (Å²) < 4.78 is 18.9. The lowest BCUT2D eigenvalue weighted by Crippen LogP contribution is -2.35. The highest BCUT2D eigenvalue weighted by molar-refractivity contribution is 5.91. The minimum atomic E-state index is -1.37. The van der Waals surface area contributed by atoms with Gasteiger partial charge in [-0.3, -0.25) is 0 Å². The Balaban J connectivity index is 2.23. The van der Waals surface area contributed by atoms with E-state index in [-0.39, 0.29) is 5.75 Å². The number of hydrogen-bond acceptors (Lipinski definition) is 3. The molecule has 2 atom stereocenters. The summed E-state index contributed by atoms with van der Waals surface area (Å²) in [5.74, 6) is -2.22. The fourth-order valence-corrected chi connectivity index (χ4v) is 2.19. The highest BCUT2D eigenvalue weighted by atomic mass is 19.1. The van der Waals surface area contributed by atoms with Gasteiger partial charge in [0, 0.05) is 0 Å². The average Bonchev–Trinajstić information content (AvgIpc) is 2.31. The maximum absolute atomic E-state index is 13.4. The van der Waals surface area contributed by atoms with E-state index in [1.807, 2.05) is 0 Å². The quantitative estimate of drug-likeness (QED) is 0.867. The van der Waals surface area contributed by atoms with Gasteiger partial charge in [-0.15, -0.1) is 0 Å². The lowest BCUT2D eigenvalue weighted by atomic mass is 9.95. The van der Waals surface area contributed by atoms with Crippen molar-refractivity contribution in [2.75, 3.05) is 0 Å². The first kappa shape index (κ1) is 12.8. The van der Waals surface area contributed by atoms with Crippen molar-refractivity contribution in [1.29, 1.82) is 0 Å². The number of ether oxygens (including phenoxy) is 1. The molecule has 0 spiro atoms. The van der Waals surface area contributed by atoms with E-state index in [9.17, 15) is 14.3 Å². The topological polar surface area (TPSA) is 66.8 Å². The lowest BCUT2D eigenvalue weighted by molar-refractivity contribution is 0.00585. The number of aromatic carboxylic acids is 1. The van der Waals surface area contributed by atoms with Gasteiger partial charge < -0.3 is 14.9 Å². The molecule has 0 bridgehead atoms. The number of aliphatic hydroxyl groups excluding tert-OH is 1. The van der Waals surface area contributed by atoms with Gasteiger partial charge in [0.1, 0.15) is 23.2 Å². The third-order valence-electron chi connectivity index (χ3n) is 3.14. The summed E-state index contributed by atoms with van der Waals surface area (Å²) >= 11 is 0. The normalized spacial score (nSPS) is 23.7. The van der Waals surface area contributed by atoms with Gasteiger partial charge in [-0.2, -0.15) is 0 Å². The van der Waals surface area contributed by atoms with Gasteiger partial charge in [0.15, 0.2) is 0 Å². The highest BCUT2D eigenvalue weighted by Gasteiger charge is 2.27. The average molecular weight is 254 g/mol. The van der Waals surface area contributed by atoms with Crippen LogP contribution in [0.1, 0.15) is 36.0 Å². The van der Waals surface area contributed by atoms with Gasteiger partial charge in [-0.25, -0.2) is 9.18 Å². The smallest absolute Gasteiger partial charge is 0.342 e. The van der Waals surface area contributed by atoms with Crippen LogP contribution in [0.15, 0.2) is 18.2 Å². The van der Waals surface area contributed by atoms with Crippen LogP contribution in [0, 0.1) is 5.82 Å². The lowest BCUT2D eigenvalue weighted by Gasteiger charge is -2.28. The van der Waals surface area contributed by atoms with Crippen molar-refractivity contribution in [1.82, 2.24) is 0 Å². The predicted molar refractivity (Wildman–Crippen MR) is 62.3 cm³/mol. The monoisotopic (exact) mass is 254 g/mol. The van der Waals surface area contributed by atoms with Gasteiger partial charge in [-0.1, -0.05) is 12.5 Å². The molecule has 1 aliphatic rings. The molecule has 2 N–H and O–H groups in total. The van der Waals surface area contributed by atoms with E-state index in [0.29, 0.717) is 12.8 Å². The van der Waals surface area contributed by atoms with Crippen molar-refractivity contribution in [3.05, 3.63) is 29.6 Å². The van der Waals surface area contributed by atoms with E-state index < -0.39 is 29.6 Å². The SMILES string of the molecule is O=C(O)c1c(F)cccc1OC1CCCCC1O. The van der Waals surface area contributed by atoms with Gasteiger partial charge in [-0.05, 0) is 31.4 Å². The maximum Gasteiger partial charge on any atom is 0.342 e. The van der Waals surface area contributed by atoms with Gasteiger partial charge >= 0.3 is 5.97 Å². The Kier molecular flexibility index (Phi) is 3.81. The second kappa shape index (κ2) is 5.35. The van der Waals surface area contributed by atoms with Crippen LogP contribution in [0.3, 0.4) is 0 Å². The molecule has 0 aromatic heterocycles. The third kappa shape index (κ3) is 2.61. The van der Waals surface area contributed by atoms with Crippen molar-refractivity contribution in [3.8, 4) is 5.75 Å². The van der Waals surface area contributed by atoms with E-state index in [4.69, 9.17) is 9.84 Å². The number of halogens is 1. The fourth-order valence-electron chi connectivity index (χ4n) is 2.19. The number of benzene rings is 1. The molecule has 0 aliphatic heterocycles. The second-order valence-electron chi connectivity index (χ2n) is 4.43. The second-order valence-corrected chi connectivity index (χ2v) is 4.43. The van der Waals surface area contributed by atoms with E-state index in [0.717, 1.165) is 18.9 Å². The molecular formula is C13H15FO4. The van der Waals surface area contributed by atoms with Crippen LogP contribution in [0.2, 0.25) is 0 Å². The molecule has 0 radical (unpaired) electrons. The van der Waals surface area contributed by atoms with Gasteiger partial charge in [0.05, 0.1) is 6.10 Å².